The lowest BCUT2D eigenvalue weighted by molar-refractivity contribution is 0.0577. The molecule has 0 aromatic carbocycles. The largest absolute Gasteiger partial charge is 0.389 e. The lowest BCUT2D eigenvalue weighted by atomic mass is 10.1. The molecule has 0 fully saturated rings. The predicted molar refractivity (Wildman–Crippen MR) is 76.0 cm³/mol. The number of thioether (sulfide) groups is 1. The smallest absolute Gasteiger partial charge is 0.187 e. The van der Waals surface area contributed by atoms with Gasteiger partial charge in [-0.1, -0.05) is 11.8 Å². The quantitative estimate of drug-likeness (QED) is 0.681. The zero-order valence-corrected chi connectivity index (χ0v) is 12.3. The molecule has 0 unspecified atom stereocenters. The first-order chi connectivity index (χ1) is 9.43. The fraction of sp³-hybridized carbons (Fsp3) is 0.385. The first-order valence-corrected chi connectivity index (χ1v) is 7.22. The fourth-order valence-corrected chi connectivity index (χ4v) is 2.08. The molecule has 20 heavy (non-hydrogen) atoms. The van der Waals surface area contributed by atoms with Crippen molar-refractivity contribution in [2.75, 3.05) is 6.26 Å². The lowest BCUT2D eigenvalue weighted by Crippen LogP contribution is -2.26. The van der Waals surface area contributed by atoms with E-state index in [0.29, 0.717) is 23.0 Å². The van der Waals surface area contributed by atoms with E-state index in [1.165, 1.54) is 18.0 Å². The number of nitriles is 1. The second kappa shape index (κ2) is 5.61. The maximum Gasteiger partial charge on any atom is 0.187 e. The van der Waals surface area contributed by atoms with Crippen LogP contribution in [0.4, 0.5) is 0 Å². The van der Waals surface area contributed by atoms with Crippen LogP contribution in [0.1, 0.15) is 19.4 Å². The van der Waals surface area contributed by atoms with Crippen molar-refractivity contribution < 1.29 is 5.11 Å². The molecule has 0 spiro atoms. The van der Waals surface area contributed by atoms with Gasteiger partial charge in [-0.15, -0.1) is 0 Å². The third-order valence-electron chi connectivity index (χ3n) is 2.53. The Kier molecular flexibility index (Phi) is 4.06. The van der Waals surface area contributed by atoms with Gasteiger partial charge in [-0.25, -0.2) is 9.97 Å². The molecule has 6 nitrogen and oxygen atoms in total. The molecule has 7 heteroatoms. The van der Waals surface area contributed by atoms with Gasteiger partial charge in [0.05, 0.1) is 29.6 Å². The van der Waals surface area contributed by atoms with Gasteiger partial charge in [-0.2, -0.15) is 10.4 Å². The Hall–Kier alpha value is -1.91. The summed E-state index contributed by atoms with van der Waals surface area (Å²) in [6.45, 7) is 3.80. The molecule has 0 saturated heterocycles. The maximum atomic E-state index is 9.79. The third-order valence-corrected chi connectivity index (χ3v) is 3.09. The minimum atomic E-state index is -0.850. The molecule has 2 heterocycles. The van der Waals surface area contributed by atoms with Gasteiger partial charge in [-0.05, 0) is 20.1 Å². The number of aromatic nitrogens is 4. The van der Waals surface area contributed by atoms with E-state index in [1.54, 1.807) is 30.9 Å². The van der Waals surface area contributed by atoms with Crippen LogP contribution in [0.3, 0.4) is 0 Å². The maximum absolute atomic E-state index is 9.79. The second-order valence-corrected chi connectivity index (χ2v) is 5.74. The number of nitrogens with zero attached hydrogens (tertiary/aromatic N) is 5. The molecule has 0 bridgehead atoms. The van der Waals surface area contributed by atoms with Crippen molar-refractivity contribution in [2.24, 2.45) is 0 Å². The number of hydrogen-bond acceptors (Lipinski definition) is 6. The van der Waals surface area contributed by atoms with Gasteiger partial charge in [0.1, 0.15) is 6.07 Å². The Balaban J connectivity index is 2.39. The summed E-state index contributed by atoms with van der Waals surface area (Å²) >= 11 is 1.41. The van der Waals surface area contributed by atoms with Crippen molar-refractivity contribution >= 4 is 11.8 Å². The van der Waals surface area contributed by atoms with Crippen LogP contribution in [0.15, 0.2) is 23.7 Å². The van der Waals surface area contributed by atoms with E-state index in [9.17, 15) is 5.11 Å². The summed E-state index contributed by atoms with van der Waals surface area (Å²) in [5.74, 6) is 0. The molecule has 0 aliphatic carbocycles. The molecular weight excluding hydrogens is 274 g/mol. The minimum Gasteiger partial charge on any atom is -0.389 e. The van der Waals surface area contributed by atoms with Crippen molar-refractivity contribution in [3.63, 3.8) is 0 Å². The summed E-state index contributed by atoms with van der Waals surface area (Å²) in [5, 5.41) is 23.7. The van der Waals surface area contributed by atoms with Gasteiger partial charge in [0.2, 0.25) is 0 Å². The lowest BCUT2D eigenvalue weighted by Gasteiger charge is -2.16. The van der Waals surface area contributed by atoms with Gasteiger partial charge in [-0.3, -0.25) is 4.68 Å². The van der Waals surface area contributed by atoms with Crippen LogP contribution in [0.5, 0.6) is 0 Å². The van der Waals surface area contributed by atoms with Crippen LogP contribution >= 0.6 is 11.8 Å². The Morgan fingerprint density at radius 1 is 1.45 bits per heavy atom. The molecule has 0 atom stereocenters. The molecule has 2 rings (SSSR count). The SMILES string of the molecule is CSc1ncc(C#N)c(-c2cnn(CC(C)(C)O)c2)n1. The molecule has 2 aromatic rings. The van der Waals surface area contributed by atoms with Crippen LogP contribution in [-0.4, -0.2) is 36.7 Å². The number of rotatable bonds is 4. The van der Waals surface area contributed by atoms with Crippen LogP contribution < -0.4 is 0 Å². The summed E-state index contributed by atoms with van der Waals surface area (Å²) in [6.07, 6.45) is 6.80. The van der Waals surface area contributed by atoms with Crippen LogP contribution in [0.25, 0.3) is 11.3 Å². The van der Waals surface area contributed by atoms with E-state index in [0.717, 1.165) is 5.56 Å². The summed E-state index contributed by atoms with van der Waals surface area (Å²) in [5.41, 5.74) is 0.861. The highest BCUT2D eigenvalue weighted by atomic mass is 32.2. The Morgan fingerprint density at radius 3 is 2.80 bits per heavy atom. The van der Waals surface area contributed by atoms with E-state index >= 15 is 0 Å². The average Bonchev–Trinajstić information content (AvgIpc) is 2.84. The minimum absolute atomic E-state index is 0.370. The average molecular weight is 289 g/mol. The fourth-order valence-electron chi connectivity index (χ4n) is 1.73. The molecule has 0 aliphatic rings. The zero-order valence-electron chi connectivity index (χ0n) is 11.5. The summed E-state index contributed by atoms with van der Waals surface area (Å²) in [6, 6.07) is 2.08. The summed E-state index contributed by atoms with van der Waals surface area (Å²) in [4.78, 5) is 8.44. The van der Waals surface area contributed by atoms with E-state index in [2.05, 4.69) is 21.1 Å². The topological polar surface area (TPSA) is 87.6 Å². The van der Waals surface area contributed by atoms with E-state index in [4.69, 9.17) is 5.26 Å². The molecule has 0 aliphatic heterocycles. The monoisotopic (exact) mass is 289 g/mol. The second-order valence-electron chi connectivity index (χ2n) is 4.97. The van der Waals surface area contributed by atoms with Gasteiger partial charge in [0, 0.05) is 18.0 Å². The Morgan fingerprint density at radius 2 is 2.20 bits per heavy atom. The van der Waals surface area contributed by atoms with Crippen LogP contribution in [0.2, 0.25) is 0 Å². The number of aliphatic hydroxyl groups is 1. The highest BCUT2D eigenvalue weighted by Crippen LogP contribution is 2.22. The Labute approximate surface area is 121 Å². The molecule has 1 N–H and O–H groups in total. The highest BCUT2D eigenvalue weighted by Gasteiger charge is 2.16. The van der Waals surface area contributed by atoms with Crippen molar-refractivity contribution in [1.82, 2.24) is 19.7 Å². The summed E-state index contributed by atoms with van der Waals surface area (Å²) in [7, 11) is 0. The van der Waals surface area contributed by atoms with Gasteiger partial charge in [0.25, 0.3) is 0 Å². The van der Waals surface area contributed by atoms with Gasteiger partial charge < -0.3 is 5.11 Å². The standard InChI is InChI=1S/C13H15N5OS/c1-13(2,19)8-18-7-10(6-16-18)11-9(4-14)5-15-12(17-11)20-3/h5-7,19H,8H2,1-3H3. The highest BCUT2D eigenvalue weighted by molar-refractivity contribution is 7.98. The summed E-state index contributed by atoms with van der Waals surface area (Å²) < 4.78 is 1.64. The molecular formula is C13H15N5OS. The van der Waals surface area contributed by atoms with Crippen molar-refractivity contribution in [1.29, 1.82) is 5.26 Å². The number of hydrogen-bond donors (Lipinski definition) is 1. The van der Waals surface area contributed by atoms with Gasteiger partial charge >= 0.3 is 0 Å². The molecule has 0 radical (unpaired) electrons. The molecule has 104 valence electrons. The van der Waals surface area contributed by atoms with E-state index in [-0.39, 0.29) is 0 Å². The zero-order chi connectivity index (χ0) is 14.8. The van der Waals surface area contributed by atoms with Crippen molar-refractivity contribution in [2.45, 2.75) is 31.1 Å². The van der Waals surface area contributed by atoms with Crippen LogP contribution in [0, 0.1) is 11.3 Å². The van der Waals surface area contributed by atoms with E-state index in [1.807, 2.05) is 6.26 Å². The first-order valence-electron chi connectivity index (χ1n) is 5.99. The normalized spacial score (nSPS) is 11.3. The Bertz CT molecular complexity index is 654. The van der Waals surface area contributed by atoms with Crippen molar-refractivity contribution in [3.05, 3.63) is 24.2 Å². The van der Waals surface area contributed by atoms with Gasteiger partial charge in [0.15, 0.2) is 5.16 Å². The molecule has 0 amide bonds. The molecule has 0 saturated carbocycles. The molecule has 2 aromatic heterocycles. The van der Waals surface area contributed by atoms with Crippen molar-refractivity contribution in [3.8, 4) is 17.3 Å². The van der Waals surface area contributed by atoms with E-state index < -0.39 is 5.60 Å². The first kappa shape index (κ1) is 14.5. The van der Waals surface area contributed by atoms with Crippen LogP contribution in [-0.2, 0) is 6.54 Å². The third kappa shape index (κ3) is 3.35. The predicted octanol–water partition coefficient (Wildman–Crippen LogP) is 1.70.